The number of carbonyl (C=O) groups is 1. The Morgan fingerprint density at radius 3 is 2.39 bits per heavy atom. The molecule has 0 bridgehead atoms. The molecule has 1 aromatic heterocycles. The number of aromatic nitrogens is 2. The zero-order valence-electron chi connectivity index (χ0n) is 19.3. The van der Waals surface area contributed by atoms with Crippen molar-refractivity contribution in [3.8, 4) is 11.3 Å². The average Bonchev–Trinajstić information content (AvgIpc) is 2.80. The molecule has 4 rings (SSSR count). The molecule has 166 valence electrons. The molecule has 0 radical (unpaired) electrons. The maximum atomic E-state index is 13.1. The molecule has 1 aromatic carbocycles. The van der Waals surface area contributed by atoms with Crippen LogP contribution in [-0.4, -0.2) is 71.2 Å². The van der Waals surface area contributed by atoms with Gasteiger partial charge in [0.25, 0.3) is 0 Å². The average molecular weight is 422 g/mol. The molecule has 2 fully saturated rings. The number of nitrogens with zero attached hydrogens (tertiary/aromatic N) is 5. The van der Waals surface area contributed by atoms with E-state index in [1.807, 2.05) is 12.1 Å². The molecule has 0 N–H and O–H groups in total. The number of benzene rings is 1. The van der Waals surface area contributed by atoms with E-state index in [9.17, 15) is 4.79 Å². The highest BCUT2D eigenvalue weighted by Crippen LogP contribution is 2.25. The van der Waals surface area contributed by atoms with E-state index in [0.717, 1.165) is 69.2 Å². The van der Waals surface area contributed by atoms with Crippen LogP contribution >= 0.6 is 0 Å². The third-order valence-corrected chi connectivity index (χ3v) is 6.90. The molecule has 2 saturated heterocycles. The largest absolute Gasteiger partial charge is 0.354 e. The van der Waals surface area contributed by atoms with Crippen LogP contribution < -0.4 is 4.90 Å². The molecule has 0 saturated carbocycles. The minimum absolute atomic E-state index is 0.0561. The van der Waals surface area contributed by atoms with Gasteiger partial charge in [-0.05, 0) is 69.9 Å². The van der Waals surface area contributed by atoms with Gasteiger partial charge in [-0.2, -0.15) is 0 Å². The summed E-state index contributed by atoms with van der Waals surface area (Å²) in [4.78, 5) is 19.9. The summed E-state index contributed by atoms with van der Waals surface area (Å²) >= 11 is 0. The molecular formula is C25H35N5O. The Balaban J connectivity index is 1.39. The highest BCUT2D eigenvalue weighted by atomic mass is 16.2. The standard InChI is InChI=1S/C25H35N5O/c1-18(2)28-12-14-29(15-13-28)25(31)22-6-5-11-30(17-22)24-10-9-23(26-27-24)21-8-7-19(3)20(4)16-21/h7-10,16,18,22H,5-6,11-15,17H2,1-4H3. The third kappa shape index (κ3) is 4.90. The van der Waals surface area contributed by atoms with Crippen LogP contribution in [0.2, 0.25) is 0 Å². The first-order valence-electron chi connectivity index (χ1n) is 11.6. The van der Waals surface area contributed by atoms with Crippen molar-refractivity contribution >= 4 is 11.7 Å². The fraction of sp³-hybridized carbons (Fsp3) is 0.560. The van der Waals surface area contributed by atoms with Crippen LogP contribution in [0.15, 0.2) is 30.3 Å². The molecule has 1 unspecified atom stereocenters. The van der Waals surface area contributed by atoms with Gasteiger partial charge in [-0.25, -0.2) is 0 Å². The Labute approximate surface area is 186 Å². The van der Waals surface area contributed by atoms with Crippen molar-refractivity contribution in [1.82, 2.24) is 20.0 Å². The van der Waals surface area contributed by atoms with Crippen LogP contribution in [0.3, 0.4) is 0 Å². The first kappa shape index (κ1) is 21.8. The van der Waals surface area contributed by atoms with Gasteiger partial charge in [-0.15, -0.1) is 10.2 Å². The Morgan fingerprint density at radius 2 is 1.74 bits per heavy atom. The lowest BCUT2D eigenvalue weighted by Gasteiger charge is -2.40. The monoisotopic (exact) mass is 421 g/mol. The number of piperidine rings is 1. The van der Waals surface area contributed by atoms with Crippen LogP contribution in [0.25, 0.3) is 11.3 Å². The van der Waals surface area contributed by atoms with E-state index in [2.05, 4.69) is 70.8 Å². The molecular weight excluding hydrogens is 386 g/mol. The summed E-state index contributed by atoms with van der Waals surface area (Å²) < 4.78 is 0. The molecule has 6 nitrogen and oxygen atoms in total. The lowest BCUT2D eigenvalue weighted by Crippen LogP contribution is -2.53. The summed E-state index contributed by atoms with van der Waals surface area (Å²) in [5.41, 5.74) is 4.52. The van der Waals surface area contributed by atoms with Gasteiger partial charge in [0.15, 0.2) is 5.82 Å². The molecule has 3 heterocycles. The Morgan fingerprint density at radius 1 is 0.968 bits per heavy atom. The minimum Gasteiger partial charge on any atom is -0.354 e. The predicted molar refractivity (Wildman–Crippen MR) is 125 cm³/mol. The molecule has 2 aliphatic heterocycles. The summed E-state index contributed by atoms with van der Waals surface area (Å²) in [7, 11) is 0. The van der Waals surface area contributed by atoms with Gasteiger partial charge in [0.2, 0.25) is 5.91 Å². The van der Waals surface area contributed by atoms with Crippen molar-refractivity contribution in [3.05, 3.63) is 41.5 Å². The first-order chi connectivity index (χ1) is 14.9. The fourth-order valence-electron chi connectivity index (χ4n) is 4.65. The lowest BCUT2D eigenvalue weighted by molar-refractivity contribution is -0.137. The first-order valence-corrected chi connectivity index (χ1v) is 11.6. The van der Waals surface area contributed by atoms with Crippen LogP contribution in [0.5, 0.6) is 0 Å². The molecule has 1 atom stereocenters. The van der Waals surface area contributed by atoms with Gasteiger partial charge in [0.05, 0.1) is 11.6 Å². The smallest absolute Gasteiger partial charge is 0.227 e. The lowest BCUT2D eigenvalue weighted by atomic mass is 9.96. The number of aryl methyl sites for hydroxylation is 2. The Kier molecular flexibility index (Phi) is 6.56. The van der Waals surface area contributed by atoms with Gasteiger partial charge >= 0.3 is 0 Å². The predicted octanol–water partition coefficient (Wildman–Crippen LogP) is 3.53. The second-order valence-corrected chi connectivity index (χ2v) is 9.32. The van der Waals surface area contributed by atoms with Gasteiger partial charge in [-0.3, -0.25) is 9.69 Å². The number of carbonyl (C=O) groups excluding carboxylic acids is 1. The van der Waals surface area contributed by atoms with Crippen LogP contribution in [0.4, 0.5) is 5.82 Å². The number of anilines is 1. The fourth-order valence-corrected chi connectivity index (χ4v) is 4.65. The van der Waals surface area contributed by atoms with Crippen molar-refractivity contribution in [1.29, 1.82) is 0 Å². The van der Waals surface area contributed by atoms with E-state index >= 15 is 0 Å². The normalized spacial score (nSPS) is 20.4. The van der Waals surface area contributed by atoms with Gasteiger partial charge in [-0.1, -0.05) is 12.1 Å². The summed E-state index contributed by atoms with van der Waals surface area (Å²) in [6.45, 7) is 14.0. The van der Waals surface area contributed by atoms with E-state index in [1.165, 1.54) is 11.1 Å². The second-order valence-electron chi connectivity index (χ2n) is 9.32. The molecule has 6 heteroatoms. The zero-order chi connectivity index (χ0) is 22.0. The van der Waals surface area contributed by atoms with E-state index in [4.69, 9.17) is 0 Å². The number of piperazine rings is 1. The topological polar surface area (TPSA) is 52.6 Å². The molecule has 2 aliphatic rings. The molecule has 0 aliphatic carbocycles. The SMILES string of the molecule is Cc1ccc(-c2ccc(N3CCCC(C(=O)N4CCN(C(C)C)CC4)C3)nn2)cc1C. The van der Waals surface area contributed by atoms with Crippen molar-refractivity contribution in [2.24, 2.45) is 5.92 Å². The van der Waals surface area contributed by atoms with Gasteiger partial charge in [0, 0.05) is 50.9 Å². The quantitative estimate of drug-likeness (QED) is 0.756. The van der Waals surface area contributed by atoms with Crippen LogP contribution in [-0.2, 0) is 4.79 Å². The Bertz CT molecular complexity index is 903. The molecule has 31 heavy (non-hydrogen) atoms. The van der Waals surface area contributed by atoms with Crippen molar-refractivity contribution in [3.63, 3.8) is 0 Å². The molecule has 1 amide bonds. The molecule has 2 aromatic rings. The van der Waals surface area contributed by atoms with Crippen molar-refractivity contribution in [2.45, 2.75) is 46.6 Å². The number of hydrogen-bond acceptors (Lipinski definition) is 5. The number of hydrogen-bond donors (Lipinski definition) is 0. The van der Waals surface area contributed by atoms with Gasteiger partial charge in [0.1, 0.15) is 0 Å². The number of amides is 1. The summed E-state index contributed by atoms with van der Waals surface area (Å²) in [5.74, 6) is 1.24. The maximum absolute atomic E-state index is 13.1. The van der Waals surface area contributed by atoms with E-state index in [1.54, 1.807) is 0 Å². The van der Waals surface area contributed by atoms with Gasteiger partial charge < -0.3 is 9.80 Å². The summed E-state index contributed by atoms with van der Waals surface area (Å²) in [6.07, 6.45) is 1.98. The zero-order valence-corrected chi connectivity index (χ0v) is 19.3. The summed E-state index contributed by atoms with van der Waals surface area (Å²) in [5, 5.41) is 9.00. The highest BCUT2D eigenvalue weighted by Gasteiger charge is 2.32. The van der Waals surface area contributed by atoms with E-state index < -0.39 is 0 Å². The highest BCUT2D eigenvalue weighted by molar-refractivity contribution is 5.80. The summed E-state index contributed by atoms with van der Waals surface area (Å²) in [6, 6.07) is 11.0. The third-order valence-electron chi connectivity index (χ3n) is 6.90. The van der Waals surface area contributed by atoms with E-state index in [0.29, 0.717) is 11.9 Å². The maximum Gasteiger partial charge on any atom is 0.227 e. The number of rotatable bonds is 4. The van der Waals surface area contributed by atoms with Crippen LogP contribution in [0.1, 0.15) is 37.8 Å². The van der Waals surface area contributed by atoms with Crippen LogP contribution in [0, 0.1) is 19.8 Å². The van der Waals surface area contributed by atoms with Crippen molar-refractivity contribution in [2.75, 3.05) is 44.2 Å². The minimum atomic E-state index is 0.0561. The molecule has 0 spiro atoms. The van der Waals surface area contributed by atoms with Crippen molar-refractivity contribution < 1.29 is 4.79 Å². The van der Waals surface area contributed by atoms with E-state index in [-0.39, 0.29) is 5.92 Å². The Hall–Kier alpha value is -2.47. The second kappa shape index (κ2) is 9.35.